The first-order valence-electron chi connectivity index (χ1n) is 25.6. The van der Waals surface area contributed by atoms with Crippen molar-refractivity contribution in [2.24, 2.45) is 0 Å². The number of carboxylic acids is 1. The van der Waals surface area contributed by atoms with Gasteiger partial charge in [0.1, 0.15) is 12.6 Å². The van der Waals surface area contributed by atoms with Crippen LogP contribution in [0.2, 0.25) is 0 Å². The molecule has 0 aromatic heterocycles. The van der Waals surface area contributed by atoms with Crippen molar-refractivity contribution in [1.29, 1.82) is 0 Å². The Morgan fingerprint density at radius 3 is 1.30 bits per heavy atom. The minimum Gasteiger partial charge on any atom is -0.544 e. The number of quaternary nitrogens is 1. The summed E-state index contributed by atoms with van der Waals surface area (Å²) < 4.78 is 17.2. The molecule has 0 spiro atoms. The molecule has 0 aromatic carbocycles. The number of hydrogen-bond donors (Lipinski definition) is 0. The molecule has 0 saturated heterocycles. The van der Waals surface area contributed by atoms with Crippen LogP contribution in [0.15, 0.2) is 85.1 Å². The Morgan fingerprint density at radius 1 is 0.484 bits per heavy atom. The summed E-state index contributed by atoms with van der Waals surface area (Å²) in [6.45, 7) is 4.50. The molecule has 0 aliphatic heterocycles. The summed E-state index contributed by atoms with van der Waals surface area (Å²) in [6.07, 6.45) is 60.3. The quantitative estimate of drug-likeness (QED) is 0.0260. The SMILES string of the molecule is CC/C=C\C/C=C\C/C=C\C/C=C\CCCCCCCCCCC(=O)OC(COCCC(C(=O)[O-])[N+](C)(C)C)COC(=O)CCCCCCCC/C=C\C/C=C\C/C=C\CCCCC. The van der Waals surface area contributed by atoms with Gasteiger partial charge in [0.05, 0.1) is 40.3 Å². The fourth-order valence-corrected chi connectivity index (χ4v) is 7.07. The van der Waals surface area contributed by atoms with Crippen molar-refractivity contribution < 1.29 is 38.2 Å². The molecular formula is C56H95NO7. The van der Waals surface area contributed by atoms with E-state index in [1.54, 1.807) is 21.1 Å². The summed E-state index contributed by atoms with van der Waals surface area (Å²) in [5.41, 5.74) is 0. The Hall–Kier alpha value is -3.49. The number of aliphatic carboxylic acids is 1. The summed E-state index contributed by atoms with van der Waals surface area (Å²) in [4.78, 5) is 37.1. The van der Waals surface area contributed by atoms with Crippen molar-refractivity contribution in [3.05, 3.63) is 85.1 Å². The van der Waals surface area contributed by atoms with E-state index in [-0.39, 0.29) is 42.7 Å². The largest absolute Gasteiger partial charge is 0.544 e. The number of carbonyl (C=O) groups excluding carboxylic acids is 3. The molecule has 8 heteroatoms. The molecule has 2 unspecified atom stereocenters. The first kappa shape index (κ1) is 60.5. The summed E-state index contributed by atoms with van der Waals surface area (Å²) >= 11 is 0. The molecule has 2 atom stereocenters. The van der Waals surface area contributed by atoms with Gasteiger partial charge in [0.2, 0.25) is 0 Å². The summed E-state index contributed by atoms with van der Waals surface area (Å²) in [6, 6.07) is -0.734. The lowest BCUT2D eigenvalue weighted by atomic mass is 10.1. The standard InChI is InChI=1S/C56H95NO7/c1-6-8-10-12-14-16-18-20-22-24-26-27-29-31-33-35-37-39-41-43-45-47-55(59)64-52(50-62-49-48-53(56(60)61)57(3,4)5)51-63-54(58)46-44-42-40-38-36-34-32-30-28-25-23-21-19-17-15-13-11-9-7-2/h8,10,14-17,20-23,26-28,30,52-53H,6-7,9,11-13,18-19,24-25,29,31-51H2,1-5H3/b10-8-,16-14-,17-15-,22-20-,23-21-,27-26-,30-28-. The van der Waals surface area contributed by atoms with Gasteiger partial charge in [0.25, 0.3) is 0 Å². The number of carbonyl (C=O) groups is 3. The van der Waals surface area contributed by atoms with Crippen LogP contribution in [-0.4, -0.2) is 75.5 Å². The van der Waals surface area contributed by atoms with Gasteiger partial charge >= 0.3 is 11.9 Å². The van der Waals surface area contributed by atoms with Gasteiger partial charge in [-0.1, -0.05) is 176 Å². The van der Waals surface area contributed by atoms with Gasteiger partial charge in [-0.3, -0.25) is 9.59 Å². The minimum atomic E-state index is -1.13. The smallest absolute Gasteiger partial charge is 0.306 e. The first-order valence-corrected chi connectivity index (χ1v) is 25.6. The van der Waals surface area contributed by atoms with Crippen LogP contribution in [0.25, 0.3) is 0 Å². The molecule has 64 heavy (non-hydrogen) atoms. The molecular weight excluding hydrogens is 799 g/mol. The third-order valence-electron chi connectivity index (χ3n) is 11.0. The molecule has 366 valence electrons. The molecule has 0 bridgehead atoms. The molecule has 0 aliphatic rings. The van der Waals surface area contributed by atoms with Gasteiger partial charge in [-0.25, -0.2) is 0 Å². The Morgan fingerprint density at radius 2 is 0.875 bits per heavy atom. The topological polar surface area (TPSA) is 102 Å². The summed E-state index contributed by atoms with van der Waals surface area (Å²) in [5, 5.41) is 11.7. The Bertz CT molecular complexity index is 1320. The van der Waals surface area contributed by atoms with E-state index in [1.165, 1.54) is 70.6 Å². The molecule has 0 saturated carbocycles. The van der Waals surface area contributed by atoms with Crippen molar-refractivity contribution in [3.8, 4) is 0 Å². The van der Waals surface area contributed by atoms with Crippen LogP contribution in [0.3, 0.4) is 0 Å². The lowest BCUT2D eigenvalue weighted by molar-refractivity contribution is -0.889. The minimum absolute atomic E-state index is 0.0287. The van der Waals surface area contributed by atoms with Crippen molar-refractivity contribution in [2.75, 3.05) is 41.0 Å². The number of nitrogens with zero attached hydrogens (tertiary/aromatic N) is 1. The van der Waals surface area contributed by atoms with Gasteiger partial charge in [0, 0.05) is 19.3 Å². The Balaban J connectivity index is 4.31. The molecule has 0 radical (unpaired) electrons. The fourth-order valence-electron chi connectivity index (χ4n) is 7.07. The average Bonchev–Trinajstić information content (AvgIpc) is 3.26. The predicted octanol–water partition coefficient (Wildman–Crippen LogP) is 13.5. The maximum absolute atomic E-state index is 12.8. The highest BCUT2D eigenvalue weighted by atomic mass is 16.6. The molecule has 0 aliphatic carbocycles. The Labute approximate surface area is 393 Å². The highest BCUT2D eigenvalue weighted by Crippen LogP contribution is 2.14. The highest BCUT2D eigenvalue weighted by molar-refractivity contribution is 5.70. The van der Waals surface area contributed by atoms with Crippen LogP contribution in [-0.2, 0) is 28.6 Å². The van der Waals surface area contributed by atoms with Crippen LogP contribution in [0, 0.1) is 0 Å². The van der Waals surface area contributed by atoms with Gasteiger partial charge in [-0.15, -0.1) is 0 Å². The van der Waals surface area contributed by atoms with Crippen molar-refractivity contribution in [1.82, 2.24) is 0 Å². The number of rotatable bonds is 45. The second kappa shape index (κ2) is 46.1. The fraction of sp³-hybridized carbons (Fsp3) is 0.696. The van der Waals surface area contributed by atoms with Crippen LogP contribution >= 0.6 is 0 Å². The normalized spacial score (nSPS) is 13.6. The van der Waals surface area contributed by atoms with Crippen LogP contribution in [0.1, 0.15) is 200 Å². The van der Waals surface area contributed by atoms with E-state index in [1.807, 2.05) is 0 Å². The predicted molar refractivity (Wildman–Crippen MR) is 268 cm³/mol. The van der Waals surface area contributed by atoms with E-state index in [0.29, 0.717) is 12.8 Å². The van der Waals surface area contributed by atoms with E-state index in [0.717, 1.165) is 96.3 Å². The maximum atomic E-state index is 12.8. The van der Waals surface area contributed by atoms with Crippen LogP contribution in [0.5, 0.6) is 0 Å². The maximum Gasteiger partial charge on any atom is 0.306 e. The summed E-state index contributed by atoms with van der Waals surface area (Å²) in [5.74, 6) is -1.77. The van der Waals surface area contributed by atoms with E-state index in [2.05, 4.69) is 98.9 Å². The number of allylic oxidation sites excluding steroid dienone is 14. The lowest BCUT2D eigenvalue weighted by Crippen LogP contribution is -2.55. The van der Waals surface area contributed by atoms with Crippen molar-refractivity contribution in [3.63, 3.8) is 0 Å². The Kier molecular flexibility index (Phi) is 43.5. The number of esters is 2. The summed E-state index contributed by atoms with van der Waals surface area (Å²) in [7, 11) is 5.40. The number of likely N-dealkylation sites (N-methyl/N-ethyl adjacent to an activating group) is 1. The highest BCUT2D eigenvalue weighted by Gasteiger charge is 2.25. The molecule has 0 N–H and O–H groups in total. The van der Waals surface area contributed by atoms with Crippen molar-refractivity contribution in [2.45, 2.75) is 212 Å². The van der Waals surface area contributed by atoms with E-state index < -0.39 is 18.1 Å². The zero-order valence-electron chi connectivity index (χ0n) is 41.7. The lowest BCUT2D eigenvalue weighted by Gasteiger charge is -2.34. The second-order valence-electron chi connectivity index (χ2n) is 18.0. The van der Waals surface area contributed by atoms with Gasteiger partial charge < -0.3 is 28.6 Å². The zero-order valence-corrected chi connectivity index (χ0v) is 41.7. The third-order valence-corrected chi connectivity index (χ3v) is 11.0. The third kappa shape index (κ3) is 43.7. The number of unbranched alkanes of at least 4 members (excludes halogenated alkanes) is 17. The second-order valence-corrected chi connectivity index (χ2v) is 18.0. The molecule has 0 amide bonds. The first-order chi connectivity index (χ1) is 31.1. The van der Waals surface area contributed by atoms with E-state index in [4.69, 9.17) is 14.2 Å². The molecule has 8 nitrogen and oxygen atoms in total. The average molecular weight is 894 g/mol. The van der Waals surface area contributed by atoms with Crippen molar-refractivity contribution >= 4 is 17.9 Å². The van der Waals surface area contributed by atoms with E-state index >= 15 is 0 Å². The molecule has 0 aromatic rings. The molecule has 0 fully saturated rings. The number of hydrogen-bond acceptors (Lipinski definition) is 7. The molecule has 0 heterocycles. The number of ether oxygens (including phenoxy) is 3. The monoisotopic (exact) mass is 894 g/mol. The zero-order chi connectivity index (χ0) is 47.0. The van der Waals surface area contributed by atoms with Crippen LogP contribution in [0.4, 0.5) is 0 Å². The van der Waals surface area contributed by atoms with Gasteiger partial charge in [-0.05, 0) is 89.9 Å². The van der Waals surface area contributed by atoms with Gasteiger partial charge in [-0.2, -0.15) is 0 Å². The van der Waals surface area contributed by atoms with Crippen LogP contribution < -0.4 is 5.11 Å². The van der Waals surface area contributed by atoms with E-state index in [9.17, 15) is 19.5 Å². The van der Waals surface area contributed by atoms with Gasteiger partial charge in [0.15, 0.2) is 6.10 Å². The molecule has 0 rings (SSSR count). The number of carboxylic acid groups (broad SMARTS) is 1.